The molecular formula is C12H18N2O4S2. The van der Waals surface area contributed by atoms with Gasteiger partial charge in [-0.05, 0) is 31.2 Å². The summed E-state index contributed by atoms with van der Waals surface area (Å²) < 4.78 is 28.1. The van der Waals surface area contributed by atoms with Crippen LogP contribution in [0.4, 0.5) is 0 Å². The van der Waals surface area contributed by atoms with E-state index in [2.05, 4.69) is 5.32 Å². The topological polar surface area (TPSA) is 98.5 Å². The Hall–Kier alpha value is -0.960. The number of carbonyl (C=O) groups excluding carboxylic acids is 1. The number of ether oxygens (including phenoxy) is 1. The molecule has 2 heterocycles. The highest BCUT2D eigenvalue weighted by atomic mass is 32.2. The standard InChI is InChI=1S/C12H18N2O4S2/c1-8-10(7-19-12(8)20(13,16)17)11(15)14-5-9-3-2-4-18-6-9/h7,9H,2-6H2,1H3,(H,14,15)(H2,13,16,17). The molecule has 0 saturated carbocycles. The lowest BCUT2D eigenvalue weighted by atomic mass is 10.0. The van der Waals surface area contributed by atoms with Crippen LogP contribution in [0.25, 0.3) is 0 Å². The summed E-state index contributed by atoms with van der Waals surface area (Å²) in [4.78, 5) is 12.1. The van der Waals surface area contributed by atoms with Crippen molar-refractivity contribution in [3.8, 4) is 0 Å². The van der Waals surface area contributed by atoms with Crippen molar-refractivity contribution in [2.24, 2.45) is 11.1 Å². The molecule has 1 unspecified atom stereocenters. The summed E-state index contributed by atoms with van der Waals surface area (Å²) in [5.74, 6) is 0.0589. The van der Waals surface area contributed by atoms with Crippen LogP contribution in [-0.2, 0) is 14.8 Å². The maximum absolute atomic E-state index is 12.1. The minimum atomic E-state index is -3.76. The van der Waals surface area contributed by atoms with Gasteiger partial charge in [0, 0.05) is 18.5 Å². The van der Waals surface area contributed by atoms with Crippen molar-refractivity contribution in [1.29, 1.82) is 0 Å². The molecular weight excluding hydrogens is 300 g/mol. The molecule has 6 nitrogen and oxygen atoms in total. The third-order valence-corrected chi connectivity index (χ3v) is 5.99. The van der Waals surface area contributed by atoms with Crippen LogP contribution in [0.2, 0.25) is 0 Å². The Labute approximate surface area is 122 Å². The first-order valence-electron chi connectivity index (χ1n) is 6.36. The second-order valence-electron chi connectivity index (χ2n) is 4.90. The molecule has 0 aliphatic carbocycles. The van der Waals surface area contributed by atoms with Crippen LogP contribution in [0.3, 0.4) is 0 Å². The van der Waals surface area contributed by atoms with E-state index in [0.29, 0.717) is 30.2 Å². The van der Waals surface area contributed by atoms with E-state index in [-0.39, 0.29) is 10.1 Å². The van der Waals surface area contributed by atoms with Crippen LogP contribution >= 0.6 is 11.3 Å². The number of carbonyl (C=O) groups is 1. The largest absolute Gasteiger partial charge is 0.381 e. The van der Waals surface area contributed by atoms with Gasteiger partial charge in [0.15, 0.2) is 0 Å². The summed E-state index contributed by atoms with van der Waals surface area (Å²) in [6.07, 6.45) is 2.04. The Balaban J connectivity index is 2.01. The van der Waals surface area contributed by atoms with Gasteiger partial charge in [0.25, 0.3) is 5.91 Å². The van der Waals surface area contributed by atoms with Crippen molar-refractivity contribution in [1.82, 2.24) is 5.32 Å². The Kier molecular flexibility index (Phi) is 4.79. The monoisotopic (exact) mass is 318 g/mol. The number of sulfonamides is 1. The SMILES string of the molecule is Cc1c(C(=O)NCC2CCCOC2)csc1S(N)(=O)=O. The lowest BCUT2D eigenvalue weighted by Gasteiger charge is -2.22. The molecule has 0 spiro atoms. The van der Waals surface area contributed by atoms with Crippen molar-refractivity contribution >= 4 is 27.3 Å². The second-order valence-corrected chi connectivity index (χ2v) is 7.54. The first kappa shape index (κ1) is 15.4. The number of primary sulfonamides is 1. The molecule has 0 aromatic carbocycles. The summed E-state index contributed by atoms with van der Waals surface area (Å²) in [6.45, 7) is 3.57. The lowest BCUT2D eigenvalue weighted by Crippen LogP contribution is -2.33. The van der Waals surface area contributed by atoms with Crippen molar-refractivity contribution < 1.29 is 17.9 Å². The molecule has 0 radical (unpaired) electrons. The van der Waals surface area contributed by atoms with Gasteiger partial charge in [-0.3, -0.25) is 4.79 Å². The fraction of sp³-hybridized carbons (Fsp3) is 0.583. The van der Waals surface area contributed by atoms with Crippen LogP contribution < -0.4 is 10.5 Å². The first-order valence-corrected chi connectivity index (χ1v) is 8.79. The molecule has 1 aromatic heterocycles. The van der Waals surface area contributed by atoms with Crippen molar-refractivity contribution in [3.05, 3.63) is 16.5 Å². The molecule has 112 valence electrons. The van der Waals surface area contributed by atoms with Crippen molar-refractivity contribution in [2.45, 2.75) is 24.0 Å². The van der Waals surface area contributed by atoms with Gasteiger partial charge in [0.05, 0.1) is 12.2 Å². The van der Waals surface area contributed by atoms with Gasteiger partial charge < -0.3 is 10.1 Å². The molecule has 1 aliphatic heterocycles. The highest BCUT2D eigenvalue weighted by Gasteiger charge is 2.22. The molecule has 8 heteroatoms. The summed E-state index contributed by atoms with van der Waals surface area (Å²) in [6, 6.07) is 0. The van der Waals surface area contributed by atoms with Gasteiger partial charge in [-0.15, -0.1) is 11.3 Å². The van der Waals surface area contributed by atoms with Gasteiger partial charge >= 0.3 is 0 Å². The quantitative estimate of drug-likeness (QED) is 0.860. The van der Waals surface area contributed by atoms with Gasteiger partial charge in [-0.1, -0.05) is 0 Å². The smallest absolute Gasteiger partial charge is 0.252 e. The number of hydrogen-bond donors (Lipinski definition) is 2. The van der Waals surface area contributed by atoms with Crippen LogP contribution in [0.5, 0.6) is 0 Å². The normalized spacial score (nSPS) is 19.8. The van der Waals surface area contributed by atoms with E-state index >= 15 is 0 Å². The predicted octanol–water partition coefficient (Wildman–Crippen LogP) is 0.860. The Morgan fingerprint density at radius 1 is 1.60 bits per heavy atom. The summed E-state index contributed by atoms with van der Waals surface area (Å²) >= 11 is 0.974. The average molecular weight is 318 g/mol. The zero-order valence-corrected chi connectivity index (χ0v) is 12.9. The highest BCUT2D eigenvalue weighted by Crippen LogP contribution is 2.25. The number of hydrogen-bond acceptors (Lipinski definition) is 5. The van der Waals surface area contributed by atoms with Crippen LogP contribution in [0.15, 0.2) is 9.59 Å². The van der Waals surface area contributed by atoms with Crippen LogP contribution in [-0.4, -0.2) is 34.1 Å². The van der Waals surface area contributed by atoms with Gasteiger partial charge in [0.2, 0.25) is 10.0 Å². The minimum absolute atomic E-state index is 0.0450. The van der Waals surface area contributed by atoms with E-state index in [9.17, 15) is 13.2 Å². The summed E-state index contributed by atoms with van der Waals surface area (Å²) in [7, 11) is -3.76. The van der Waals surface area contributed by atoms with Crippen LogP contribution in [0, 0.1) is 12.8 Å². The third-order valence-electron chi connectivity index (χ3n) is 3.30. The molecule has 2 rings (SSSR count). The van der Waals surface area contributed by atoms with Gasteiger partial charge in [-0.25, -0.2) is 13.6 Å². The lowest BCUT2D eigenvalue weighted by molar-refractivity contribution is 0.0536. The van der Waals surface area contributed by atoms with Gasteiger partial charge in [0.1, 0.15) is 4.21 Å². The summed E-state index contributed by atoms with van der Waals surface area (Å²) in [5, 5.41) is 9.45. The van der Waals surface area contributed by atoms with E-state index < -0.39 is 10.0 Å². The number of amides is 1. The van der Waals surface area contributed by atoms with Gasteiger partial charge in [-0.2, -0.15) is 0 Å². The molecule has 3 N–H and O–H groups in total. The molecule has 1 atom stereocenters. The van der Waals surface area contributed by atoms with Crippen molar-refractivity contribution in [3.63, 3.8) is 0 Å². The molecule has 20 heavy (non-hydrogen) atoms. The number of rotatable bonds is 4. The zero-order valence-electron chi connectivity index (χ0n) is 11.2. The van der Waals surface area contributed by atoms with Crippen LogP contribution in [0.1, 0.15) is 28.8 Å². The molecule has 1 fully saturated rings. The van der Waals surface area contributed by atoms with E-state index in [4.69, 9.17) is 9.88 Å². The van der Waals surface area contributed by atoms with E-state index in [0.717, 1.165) is 30.8 Å². The maximum Gasteiger partial charge on any atom is 0.252 e. The fourth-order valence-corrected chi connectivity index (χ4v) is 4.22. The Morgan fingerprint density at radius 3 is 2.90 bits per heavy atom. The average Bonchev–Trinajstić information content (AvgIpc) is 2.79. The highest BCUT2D eigenvalue weighted by molar-refractivity contribution is 7.91. The zero-order chi connectivity index (χ0) is 14.8. The Morgan fingerprint density at radius 2 is 2.35 bits per heavy atom. The van der Waals surface area contributed by atoms with Crippen molar-refractivity contribution in [2.75, 3.05) is 19.8 Å². The minimum Gasteiger partial charge on any atom is -0.381 e. The fourth-order valence-electron chi connectivity index (χ4n) is 2.20. The Bertz CT molecular complexity index is 589. The third kappa shape index (κ3) is 3.57. The molecule has 0 bridgehead atoms. The predicted molar refractivity (Wildman–Crippen MR) is 76.3 cm³/mol. The number of nitrogens with two attached hydrogens (primary N) is 1. The number of nitrogens with one attached hydrogen (secondary N) is 1. The number of thiophene rings is 1. The summed E-state index contributed by atoms with van der Waals surface area (Å²) in [5.41, 5.74) is 0.783. The molecule has 1 aromatic rings. The van der Waals surface area contributed by atoms with E-state index in [1.807, 2.05) is 0 Å². The van der Waals surface area contributed by atoms with E-state index in [1.54, 1.807) is 6.92 Å². The second kappa shape index (κ2) is 6.21. The molecule has 1 amide bonds. The molecule has 1 aliphatic rings. The first-order chi connectivity index (χ1) is 9.39. The molecule has 1 saturated heterocycles. The van der Waals surface area contributed by atoms with E-state index in [1.165, 1.54) is 5.38 Å². The maximum atomic E-state index is 12.1.